The molecule has 1 aliphatic heterocycles. The fourth-order valence-electron chi connectivity index (χ4n) is 3.50. The van der Waals surface area contributed by atoms with E-state index >= 15 is 0 Å². The smallest absolute Gasteiger partial charge is 0.338 e. The number of benzene rings is 1. The van der Waals surface area contributed by atoms with E-state index < -0.39 is 6.04 Å². The summed E-state index contributed by atoms with van der Waals surface area (Å²) >= 11 is 5.43. The van der Waals surface area contributed by atoms with Gasteiger partial charge in [0.25, 0.3) is 0 Å². The molecule has 1 aromatic rings. The van der Waals surface area contributed by atoms with Crippen LogP contribution in [0.2, 0.25) is 0 Å². The minimum Gasteiger partial charge on any atom is -0.459 e. The number of nitrogens with one attached hydrogen (secondary N) is 2. The van der Waals surface area contributed by atoms with Gasteiger partial charge >= 0.3 is 5.97 Å². The van der Waals surface area contributed by atoms with E-state index in [0.29, 0.717) is 17.1 Å². The molecular weight excluding hydrogens is 410 g/mol. The summed E-state index contributed by atoms with van der Waals surface area (Å²) in [6.07, 6.45) is 5.91. The number of amides is 1. The van der Waals surface area contributed by atoms with Crippen molar-refractivity contribution < 1.29 is 14.3 Å². The summed E-state index contributed by atoms with van der Waals surface area (Å²) in [6.45, 7) is 7.70. The summed E-state index contributed by atoms with van der Waals surface area (Å²) in [5, 5.41) is 6.73. The van der Waals surface area contributed by atoms with Gasteiger partial charge in [-0.25, -0.2) is 4.79 Å². The van der Waals surface area contributed by atoms with Gasteiger partial charge in [0.1, 0.15) is 0 Å². The fourth-order valence-corrected chi connectivity index (χ4v) is 3.75. The molecular formula is C24H35N3O3S. The van der Waals surface area contributed by atoms with Crippen LogP contribution in [0.3, 0.4) is 0 Å². The Hall–Kier alpha value is -2.41. The van der Waals surface area contributed by atoms with Gasteiger partial charge in [0.15, 0.2) is 5.11 Å². The molecule has 2 N–H and O–H groups in total. The maximum Gasteiger partial charge on any atom is 0.338 e. The van der Waals surface area contributed by atoms with Crippen molar-refractivity contribution in [2.75, 3.05) is 12.4 Å². The normalized spacial score (nSPS) is 16.4. The maximum atomic E-state index is 12.8. The summed E-state index contributed by atoms with van der Waals surface area (Å²) < 4.78 is 5.47. The SMILES string of the molecule is CCCCCCCC(=O)Nc1ccc(C2NC(=S)N(C)C(C)=C2C(=O)OC(C)C)cc1. The van der Waals surface area contributed by atoms with Gasteiger partial charge in [0.05, 0.1) is 17.7 Å². The van der Waals surface area contributed by atoms with E-state index in [4.69, 9.17) is 17.0 Å². The summed E-state index contributed by atoms with van der Waals surface area (Å²) in [5.41, 5.74) is 2.92. The molecule has 0 fully saturated rings. The highest BCUT2D eigenvalue weighted by Gasteiger charge is 2.33. The molecule has 170 valence electrons. The van der Waals surface area contributed by atoms with Gasteiger partial charge in [-0.1, -0.05) is 44.7 Å². The predicted molar refractivity (Wildman–Crippen MR) is 129 cm³/mol. The van der Waals surface area contributed by atoms with Crippen molar-refractivity contribution in [1.29, 1.82) is 0 Å². The van der Waals surface area contributed by atoms with Gasteiger partial charge in [0, 0.05) is 24.9 Å². The molecule has 0 radical (unpaired) electrons. The molecule has 0 aliphatic carbocycles. The van der Waals surface area contributed by atoms with Crippen molar-refractivity contribution in [3.63, 3.8) is 0 Å². The summed E-state index contributed by atoms with van der Waals surface area (Å²) in [6, 6.07) is 7.11. The molecule has 1 aliphatic rings. The van der Waals surface area contributed by atoms with E-state index in [1.807, 2.05) is 52.1 Å². The Morgan fingerprint density at radius 3 is 2.42 bits per heavy atom. The molecule has 2 rings (SSSR count). The summed E-state index contributed by atoms with van der Waals surface area (Å²) in [5.74, 6) is -0.334. The van der Waals surface area contributed by atoms with Crippen LogP contribution in [0.4, 0.5) is 5.69 Å². The highest BCUT2D eigenvalue weighted by atomic mass is 32.1. The molecule has 1 amide bonds. The van der Waals surface area contributed by atoms with E-state index in [2.05, 4.69) is 17.6 Å². The van der Waals surface area contributed by atoms with Gasteiger partial charge in [-0.05, 0) is 57.1 Å². The molecule has 1 unspecified atom stereocenters. The predicted octanol–water partition coefficient (Wildman–Crippen LogP) is 5.07. The molecule has 1 heterocycles. The Morgan fingerprint density at radius 1 is 1.16 bits per heavy atom. The van der Waals surface area contributed by atoms with Crippen LogP contribution in [0.25, 0.3) is 0 Å². The number of allylic oxidation sites excluding steroid dienone is 1. The van der Waals surface area contributed by atoms with Crippen LogP contribution < -0.4 is 10.6 Å². The molecule has 7 heteroatoms. The highest BCUT2D eigenvalue weighted by molar-refractivity contribution is 7.80. The molecule has 0 saturated carbocycles. The van der Waals surface area contributed by atoms with Crippen LogP contribution in [0, 0.1) is 0 Å². The molecule has 0 saturated heterocycles. The molecule has 6 nitrogen and oxygen atoms in total. The molecule has 1 atom stereocenters. The Balaban J connectivity index is 2.09. The van der Waals surface area contributed by atoms with Crippen LogP contribution in [0.5, 0.6) is 0 Å². The zero-order valence-electron chi connectivity index (χ0n) is 19.3. The third-order valence-electron chi connectivity index (χ3n) is 5.35. The van der Waals surface area contributed by atoms with Gasteiger partial charge in [-0.3, -0.25) is 4.79 Å². The van der Waals surface area contributed by atoms with Crippen LogP contribution in [-0.2, 0) is 14.3 Å². The van der Waals surface area contributed by atoms with Crippen LogP contribution >= 0.6 is 12.2 Å². The lowest BCUT2D eigenvalue weighted by Crippen LogP contribution is -2.46. The van der Waals surface area contributed by atoms with Crippen molar-refractivity contribution in [2.24, 2.45) is 0 Å². The number of esters is 1. The minimum absolute atomic E-state index is 0.0276. The van der Waals surface area contributed by atoms with Crippen molar-refractivity contribution in [1.82, 2.24) is 10.2 Å². The van der Waals surface area contributed by atoms with E-state index in [1.165, 1.54) is 19.3 Å². The average Bonchev–Trinajstić information content (AvgIpc) is 2.71. The van der Waals surface area contributed by atoms with E-state index in [9.17, 15) is 9.59 Å². The lowest BCUT2D eigenvalue weighted by atomic mass is 9.95. The Kier molecular flexibility index (Phi) is 9.49. The molecule has 1 aromatic carbocycles. The first-order valence-corrected chi connectivity index (χ1v) is 11.5. The largest absolute Gasteiger partial charge is 0.459 e. The number of anilines is 1. The van der Waals surface area contributed by atoms with E-state index in [0.717, 1.165) is 29.8 Å². The maximum absolute atomic E-state index is 12.8. The Labute approximate surface area is 191 Å². The minimum atomic E-state index is -0.404. The standard InChI is InChI=1S/C24H35N3O3S/c1-6-7-8-9-10-11-20(28)25-19-14-12-18(13-15-19)22-21(23(29)30-16(2)3)17(4)27(5)24(31)26-22/h12-16,22H,6-11H2,1-5H3,(H,25,28)(H,26,31). The zero-order chi connectivity index (χ0) is 23.0. The third-order valence-corrected chi connectivity index (χ3v) is 5.74. The van der Waals surface area contributed by atoms with E-state index in [1.54, 1.807) is 4.90 Å². The van der Waals surface area contributed by atoms with Crippen molar-refractivity contribution in [3.8, 4) is 0 Å². The number of hydrogen-bond donors (Lipinski definition) is 2. The lowest BCUT2D eigenvalue weighted by Gasteiger charge is -2.35. The number of carbonyl (C=O) groups is 2. The second kappa shape index (κ2) is 11.8. The molecule has 0 bridgehead atoms. The highest BCUT2D eigenvalue weighted by Crippen LogP contribution is 2.31. The second-order valence-corrected chi connectivity index (χ2v) is 8.62. The number of rotatable bonds is 10. The number of carbonyl (C=O) groups excluding carboxylic acids is 2. The van der Waals surface area contributed by atoms with Crippen molar-refractivity contribution in [2.45, 2.75) is 78.4 Å². The van der Waals surface area contributed by atoms with Gasteiger partial charge in [0.2, 0.25) is 5.91 Å². The second-order valence-electron chi connectivity index (χ2n) is 8.23. The first-order chi connectivity index (χ1) is 14.7. The zero-order valence-corrected chi connectivity index (χ0v) is 20.1. The lowest BCUT2D eigenvalue weighted by molar-refractivity contribution is -0.143. The molecule has 0 spiro atoms. The van der Waals surface area contributed by atoms with Crippen LogP contribution in [-0.4, -0.2) is 35.0 Å². The molecule has 0 aromatic heterocycles. The van der Waals surface area contributed by atoms with Gasteiger partial charge < -0.3 is 20.3 Å². The van der Waals surface area contributed by atoms with Crippen molar-refractivity contribution >= 4 is 34.9 Å². The average molecular weight is 446 g/mol. The number of thiocarbonyl (C=S) groups is 1. The van der Waals surface area contributed by atoms with Gasteiger partial charge in [-0.2, -0.15) is 0 Å². The number of unbranched alkanes of at least 4 members (excludes halogenated alkanes) is 4. The van der Waals surface area contributed by atoms with Gasteiger partial charge in [-0.15, -0.1) is 0 Å². The molecule has 31 heavy (non-hydrogen) atoms. The quantitative estimate of drug-likeness (QED) is 0.298. The Bertz CT molecular complexity index is 818. The monoisotopic (exact) mass is 445 g/mol. The number of nitrogens with zero attached hydrogens (tertiary/aromatic N) is 1. The van der Waals surface area contributed by atoms with Crippen molar-refractivity contribution in [3.05, 3.63) is 41.1 Å². The third kappa shape index (κ3) is 7.06. The number of hydrogen-bond acceptors (Lipinski definition) is 4. The topological polar surface area (TPSA) is 70.7 Å². The first kappa shape index (κ1) is 24.9. The summed E-state index contributed by atoms with van der Waals surface area (Å²) in [4.78, 5) is 26.7. The number of ether oxygens (including phenoxy) is 1. The fraction of sp³-hybridized carbons (Fsp3) is 0.542. The summed E-state index contributed by atoms with van der Waals surface area (Å²) in [7, 11) is 1.82. The van der Waals surface area contributed by atoms with E-state index in [-0.39, 0.29) is 18.0 Å². The van der Waals surface area contributed by atoms with Crippen LogP contribution in [0.1, 0.15) is 77.8 Å². The first-order valence-electron chi connectivity index (χ1n) is 11.1. The van der Waals surface area contributed by atoms with Crippen LogP contribution in [0.15, 0.2) is 35.5 Å². The Morgan fingerprint density at radius 2 is 1.81 bits per heavy atom.